The highest BCUT2D eigenvalue weighted by Gasteiger charge is 2.32. The topological polar surface area (TPSA) is 64.5 Å². The number of carbonyl (C=O) groups is 2. The molecule has 0 aliphatic rings. The molecule has 1 amide bonds. The molecule has 0 saturated carbocycles. The van der Waals surface area contributed by atoms with Crippen LogP contribution in [-0.2, 0) is 16.1 Å². The SMILES string of the molecule is CC(=O)C(C(=N)c1ccccc1)C(=O)N(CCN(C)C)Cc1ccccc1. The second kappa shape index (κ2) is 9.78. The lowest BCUT2D eigenvalue weighted by Gasteiger charge is -2.28. The molecule has 0 saturated heterocycles. The van der Waals surface area contributed by atoms with Gasteiger partial charge < -0.3 is 15.2 Å². The number of carbonyl (C=O) groups excluding carboxylic acids is 2. The molecule has 5 heteroatoms. The molecule has 0 heterocycles. The van der Waals surface area contributed by atoms with Crippen LogP contribution in [0.2, 0.25) is 0 Å². The van der Waals surface area contributed by atoms with Gasteiger partial charge >= 0.3 is 0 Å². The molecule has 27 heavy (non-hydrogen) atoms. The molecule has 0 fully saturated rings. The van der Waals surface area contributed by atoms with Gasteiger partial charge in [-0.25, -0.2) is 0 Å². The van der Waals surface area contributed by atoms with Crippen molar-refractivity contribution < 1.29 is 9.59 Å². The Bertz CT molecular complexity index is 773. The van der Waals surface area contributed by atoms with Crippen LogP contribution in [0.25, 0.3) is 0 Å². The zero-order valence-electron chi connectivity index (χ0n) is 16.2. The maximum atomic E-state index is 13.3. The number of ketones is 1. The standard InChI is InChI=1S/C22H27N3O2/c1-17(26)20(21(23)19-12-8-5-9-13-19)22(27)25(15-14-24(2)3)16-18-10-6-4-7-11-18/h4-13,20,23H,14-16H2,1-3H3. The van der Waals surface area contributed by atoms with Crippen molar-refractivity contribution in [3.63, 3.8) is 0 Å². The molecule has 0 spiro atoms. The van der Waals surface area contributed by atoms with E-state index in [4.69, 9.17) is 5.41 Å². The highest BCUT2D eigenvalue weighted by atomic mass is 16.2. The van der Waals surface area contributed by atoms with Crippen LogP contribution in [0.5, 0.6) is 0 Å². The summed E-state index contributed by atoms with van der Waals surface area (Å²) in [5, 5.41) is 8.46. The van der Waals surface area contributed by atoms with Crippen LogP contribution in [0, 0.1) is 11.3 Å². The summed E-state index contributed by atoms with van der Waals surface area (Å²) in [4.78, 5) is 29.2. The van der Waals surface area contributed by atoms with E-state index in [9.17, 15) is 9.59 Å². The Labute approximate surface area is 161 Å². The van der Waals surface area contributed by atoms with E-state index in [1.165, 1.54) is 6.92 Å². The fourth-order valence-electron chi connectivity index (χ4n) is 2.86. The third-order valence-corrected chi connectivity index (χ3v) is 4.37. The fourth-order valence-corrected chi connectivity index (χ4v) is 2.86. The van der Waals surface area contributed by atoms with Gasteiger partial charge in [-0.1, -0.05) is 60.7 Å². The molecule has 0 aliphatic carbocycles. The van der Waals surface area contributed by atoms with Crippen molar-refractivity contribution >= 4 is 17.4 Å². The fraction of sp³-hybridized carbons (Fsp3) is 0.318. The summed E-state index contributed by atoms with van der Waals surface area (Å²) in [6.45, 7) is 2.97. The summed E-state index contributed by atoms with van der Waals surface area (Å²) in [5.41, 5.74) is 1.65. The van der Waals surface area contributed by atoms with Gasteiger partial charge in [-0.05, 0) is 32.1 Å². The highest BCUT2D eigenvalue weighted by Crippen LogP contribution is 2.16. The molecule has 2 aromatic rings. The average Bonchev–Trinajstić information content (AvgIpc) is 2.66. The lowest BCUT2D eigenvalue weighted by atomic mass is 9.92. The van der Waals surface area contributed by atoms with Gasteiger partial charge in [-0.2, -0.15) is 0 Å². The molecule has 0 radical (unpaired) electrons. The van der Waals surface area contributed by atoms with Gasteiger partial charge in [0.15, 0.2) is 0 Å². The van der Waals surface area contributed by atoms with E-state index in [1.807, 2.05) is 55.4 Å². The quantitative estimate of drug-likeness (QED) is 0.549. The van der Waals surface area contributed by atoms with E-state index in [1.54, 1.807) is 29.2 Å². The first-order chi connectivity index (χ1) is 12.9. The molecule has 0 aliphatic heterocycles. The molecule has 1 N–H and O–H groups in total. The number of likely N-dealkylation sites (N-methyl/N-ethyl adjacent to an activating group) is 1. The highest BCUT2D eigenvalue weighted by molar-refractivity contribution is 6.24. The number of amides is 1. The van der Waals surface area contributed by atoms with Crippen molar-refractivity contribution in [3.05, 3.63) is 71.8 Å². The second-order valence-corrected chi connectivity index (χ2v) is 6.87. The predicted molar refractivity (Wildman–Crippen MR) is 108 cm³/mol. The minimum Gasteiger partial charge on any atom is -0.336 e. The summed E-state index contributed by atoms with van der Waals surface area (Å²) < 4.78 is 0. The van der Waals surface area contributed by atoms with E-state index in [0.717, 1.165) is 5.56 Å². The van der Waals surface area contributed by atoms with Crippen LogP contribution in [0.1, 0.15) is 18.1 Å². The summed E-state index contributed by atoms with van der Waals surface area (Å²) in [6.07, 6.45) is 0. The number of nitrogens with zero attached hydrogens (tertiary/aromatic N) is 2. The van der Waals surface area contributed by atoms with Crippen LogP contribution in [0.15, 0.2) is 60.7 Å². The van der Waals surface area contributed by atoms with Crippen molar-refractivity contribution in [1.82, 2.24) is 9.80 Å². The van der Waals surface area contributed by atoms with Gasteiger partial charge in [0.2, 0.25) is 5.91 Å². The minimum absolute atomic E-state index is 0.0519. The normalized spacial score (nSPS) is 11.9. The molecular weight excluding hydrogens is 338 g/mol. The first kappa shape index (κ1) is 20.5. The Morgan fingerprint density at radius 1 is 0.926 bits per heavy atom. The first-order valence-electron chi connectivity index (χ1n) is 9.02. The molecule has 1 unspecified atom stereocenters. The lowest BCUT2D eigenvalue weighted by molar-refractivity contribution is -0.138. The number of rotatable bonds is 9. The Morgan fingerprint density at radius 2 is 1.48 bits per heavy atom. The summed E-state index contributed by atoms with van der Waals surface area (Å²) in [7, 11) is 3.89. The molecule has 142 valence electrons. The molecule has 0 aromatic heterocycles. The van der Waals surface area contributed by atoms with Crippen LogP contribution >= 0.6 is 0 Å². The van der Waals surface area contributed by atoms with Crippen LogP contribution in [0.4, 0.5) is 0 Å². The van der Waals surface area contributed by atoms with E-state index in [-0.39, 0.29) is 17.4 Å². The molecule has 5 nitrogen and oxygen atoms in total. The third-order valence-electron chi connectivity index (χ3n) is 4.37. The Balaban J connectivity index is 2.28. The number of hydrogen-bond acceptors (Lipinski definition) is 4. The maximum absolute atomic E-state index is 13.3. The summed E-state index contributed by atoms with van der Waals surface area (Å²) in [5.74, 6) is -1.71. The molecular formula is C22H27N3O2. The van der Waals surface area contributed by atoms with Gasteiger partial charge in [0.25, 0.3) is 0 Å². The van der Waals surface area contributed by atoms with Gasteiger partial charge in [-0.15, -0.1) is 0 Å². The van der Waals surface area contributed by atoms with Crippen molar-refractivity contribution in [2.24, 2.45) is 5.92 Å². The Kier molecular flexibility index (Phi) is 7.44. The van der Waals surface area contributed by atoms with E-state index < -0.39 is 5.92 Å². The van der Waals surface area contributed by atoms with Crippen molar-refractivity contribution in [1.29, 1.82) is 5.41 Å². The maximum Gasteiger partial charge on any atom is 0.239 e. The zero-order valence-corrected chi connectivity index (χ0v) is 16.2. The van der Waals surface area contributed by atoms with Crippen LogP contribution in [-0.4, -0.2) is 54.4 Å². The largest absolute Gasteiger partial charge is 0.336 e. The number of benzene rings is 2. The zero-order chi connectivity index (χ0) is 19.8. The second-order valence-electron chi connectivity index (χ2n) is 6.87. The number of Topliss-reactive ketones (excluding diaryl/α,β-unsaturated/α-hetero) is 1. The molecule has 0 bridgehead atoms. The summed E-state index contributed by atoms with van der Waals surface area (Å²) >= 11 is 0. The predicted octanol–water partition coefficient (Wildman–Crippen LogP) is 2.85. The van der Waals surface area contributed by atoms with Gasteiger partial charge in [0.1, 0.15) is 11.7 Å². The van der Waals surface area contributed by atoms with Crippen molar-refractivity contribution in [3.8, 4) is 0 Å². The van der Waals surface area contributed by atoms with E-state index in [2.05, 4.69) is 0 Å². The van der Waals surface area contributed by atoms with Gasteiger partial charge in [-0.3, -0.25) is 9.59 Å². The monoisotopic (exact) mass is 365 g/mol. The van der Waals surface area contributed by atoms with E-state index in [0.29, 0.717) is 25.2 Å². The molecule has 1 atom stereocenters. The van der Waals surface area contributed by atoms with Crippen molar-refractivity contribution in [2.45, 2.75) is 13.5 Å². The number of hydrogen-bond donors (Lipinski definition) is 1. The summed E-state index contributed by atoms with van der Waals surface area (Å²) in [6, 6.07) is 18.7. The van der Waals surface area contributed by atoms with Crippen molar-refractivity contribution in [2.75, 3.05) is 27.2 Å². The number of nitrogens with one attached hydrogen (secondary N) is 1. The lowest BCUT2D eigenvalue weighted by Crippen LogP contribution is -2.44. The molecule has 2 rings (SSSR count). The van der Waals surface area contributed by atoms with Crippen LogP contribution in [0.3, 0.4) is 0 Å². The van der Waals surface area contributed by atoms with Crippen LogP contribution < -0.4 is 0 Å². The Hall–Kier alpha value is -2.79. The third kappa shape index (κ3) is 5.86. The van der Waals surface area contributed by atoms with E-state index >= 15 is 0 Å². The van der Waals surface area contributed by atoms with Gasteiger partial charge in [0.05, 0.1) is 5.71 Å². The molecule has 2 aromatic carbocycles. The average molecular weight is 365 g/mol. The minimum atomic E-state index is -1.08. The Morgan fingerprint density at radius 3 is 2.00 bits per heavy atom. The first-order valence-corrected chi connectivity index (χ1v) is 9.02. The van der Waals surface area contributed by atoms with Gasteiger partial charge in [0, 0.05) is 19.6 Å². The smallest absolute Gasteiger partial charge is 0.239 e.